The molecule has 0 heterocycles. The molecule has 0 rings (SSSR count). The molecule has 5 atom stereocenters. The normalized spacial score (nSPS) is 16.2. The monoisotopic (exact) mass is 428 g/mol. The van der Waals surface area contributed by atoms with Crippen molar-refractivity contribution in [3.05, 3.63) is 0 Å². The van der Waals surface area contributed by atoms with Crippen LogP contribution in [0.1, 0.15) is 67.2 Å². The number of amides is 3. The molecule has 6 N–H and O–H groups in total. The molecule has 9 nitrogen and oxygen atoms in total. The molecule has 0 aliphatic heterocycles. The number of nitrogens with one attached hydrogen (secondary N) is 3. The molecular weight excluding hydrogens is 388 g/mol. The molecule has 0 saturated heterocycles. The Kier molecular flexibility index (Phi) is 13.1. The van der Waals surface area contributed by atoms with Crippen LogP contribution in [0.2, 0.25) is 0 Å². The summed E-state index contributed by atoms with van der Waals surface area (Å²) < 4.78 is 0. The third kappa shape index (κ3) is 10.2. The van der Waals surface area contributed by atoms with E-state index in [1.807, 2.05) is 27.7 Å². The topological polar surface area (TPSA) is 151 Å². The number of hydrogen-bond acceptors (Lipinski definition) is 6. The number of aliphatic hydroxyl groups excluding tert-OH is 1. The SMILES string of the molecule is CCC[C@H](NC(=O)[C@@H](C)CC(C)C)C(=O)N[C@@H](CCN)C(=O)N[C@@H](C(C)=O)[C@@H](C)O. The van der Waals surface area contributed by atoms with Crippen molar-refractivity contribution >= 4 is 23.5 Å². The Bertz CT molecular complexity index is 580. The fraction of sp³-hybridized carbons (Fsp3) is 0.810. The van der Waals surface area contributed by atoms with Gasteiger partial charge in [0.25, 0.3) is 0 Å². The summed E-state index contributed by atoms with van der Waals surface area (Å²) in [5.41, 5.74) is 5.58. The maximum atomic E-state index is 12.8. The summed E-state index contributed by atoms with van der Waals surface area (Å²) in [5.74, 6) is -1.57. The summed E-state index contributed by atoms with van der Waals surface area (Å²) in [7, 11) is 0. The van der Waals surface area contributed by atoms with Crippen LogP contribution in [0.25, 0.3) is 0 Å². The number of rotatable bonds is 14. The lowest BCUT2D eigenvalue weighted by molar-refractivity contribution is -0.134. The van der Waals surface area contributed by atoms with E-state index in [4.69, 9.17) is 5.73 Å². The molecule has 0 fully saturated rings. The Morgan fingerprint density at radius 3 is 1.80 bits per heavy atom. The first-order chi connectivity index (χ1) is 13.9. The molecule has 30 heavy (non-hydrogen) atoms. The number of hydrogen-bond donors (Lipinski definition) is 5. The van der Waals surface area contributed by atoms with Gasteiger partial charge in [-0.05, 0) is 45.6 Å². The zero-order valence-electron chi connectivity index (χ0n) is 19.2. The van der Waals surface area contributed by atoms with Crippen molar-refractivity contribution in [3.8, 4) is 0 Å². The van der Waals surface area contributed by atoms with Gasteiger partial charge in [0.1, 0.15) is 18.1 Å². The molecule has 0 saturated carbocycles. The number of nitrogens with two attached hydrogens (primary N) is 1. The number of Topliss-reactive ketones (excluding diaryl/α,β-unsaturated/α-hetero) is 1. The van der Waals surface area contributed by atoms with Crippen LogP contribution in [-0.2, 0) is 19.2 Å². The lowest BCUT2D eigenvalue weighted by atomic mass is 9.97. The van der Waals surface area contributed by atoms with E-state index in [0.717, 1.165) is 0 Å². The van der Waals surface area contributed by atoms with Gasteiger partial charge in [0.15, 0.2) is 5.78 Å². The predicted molar refractivity (Wildman–Crippen MR) is 115 cm³/mol. The molecular formula is C21H40N4O5. The highest BCUT2D eigenvalue weighted by atomic mass is 16.3. The molecule has 0 aromatic carbocycles. The third-order valence-corrected chi connectivity index (χ3v) is 4.79. The van der Waals surface area contributed by atoms with Gasteiger partial charge in [-0.1, -0.05) is 34.1 Å². The third-order valence-electron chi connectivity index (χ3n) is 4.79. The van der Waals surface area contributed by atoms with Crippen molar-refractivity contribution in [1.29, 1.82) is 0 Å². The second-order valence-corrected chi connectivity index (χ2v) is 8.36. The van der Waals surface area contributed by atoms with Crippen molar-refractivity contribution in [2.75, 3.05) is 6.54 Å². The number of carbonyl (C=O) groups is 4. The Morgan fingerprint density at radius 1 is 0.867 bits per heavy atom. The summed E-state index contributed by atoms with van der Waals surface area (Å²) in [5, 5.41) is 17.6. The van der Waals surface area contributed by atoms with E-state index in [0.29, 0.717) is 25.2 Å². The van der Waals surface area contributed by atoms with Gasteiger partial charge in [0, 0.05) is 5.92 Å². The minimum absolute atomic E-state index is 0.133. The first-order valence-corrected chi connectivity index (χ1v) is 10.7. The number of carbonyl (C=O) groups excluding carboxylic acids is 4. The van der Waals surface area contributed by atoms with Gasteiger partial charge in [-0.25, -0.2) is 0 Å². The lowest BCUT2D eigenvalue weighted by Gasteiger charge is -2.26. The van der Waals surface area contributed by atoms with Gasteiger partial charge < -0.3 is 26.8 Å². The largest absolute Gasteiger partial charge is 0.391 e. The minimum atomic E-state index is -1.07. The molecule has 9 heteroatoms. The fourth-order valence-corrected chi connectivity index (χ4v) is 3.21. The summed E-state index contributed by atoms with van der Waals surface area (Å²) in [6, 6.07) is -2.82. The smallest absolute Gasteiger partial charge is 0.243 e. The summed E-state index contributed by atoms with van der Waals surface area (Å²) >= 11 is 0. The Morgan fingerprint density at radius 2 is 1.37 bits per heavy atom. The summed E-state index contributed by atoms with van der Waals surface area (Å²) in [6.07, 6.45) is 0.871. The Labute approximate surface area is 179 Å². The first-order valence-electron chi connectivity index (χ1n) is 10.7. The molecule has 174 valence electrons. The van der Waals surface area contributed by atoms with Gasteiger partial charge in [-0.2, -0.15) is 0 Å². The molecule has 0 aromatic heterocycles. The quantitative estimate of drug-likeness (QED) is 0.267. The van der Waals surface area contributed by atoms with Crippen molar-refractivity contribution in [1.82, 2.24) is 16.0 Å². The van der Waals surface area contributed by atoms with Crippen LogP contribution in [0.4, 0.5) is 0 Å². The van der Waals surface area contributed by atoms with Gasteiger partial charge in [-0.15, -0.1) is 0 Å². The van der Waals surface area contributed by atoms with Crippen LogP contribution >= 0.6 is 0 Å². The van der Waals surface area contributed by atoms with Crippen molar-refractivity contribution in [3.63, 3.8) is 0 Å². The predicted octanol–water partition coefficient (Wildman–Crippen LogP) is 0.242. The highest BCUT2D eigenvalue weighted by molar-refractivity contribution is 5.94. The fourth-order valence-electron chi connectivity index (χ4n) is 3.21. The van der Waals surface area contributed by atoms with Crippen molar-refractivity contribution in [2.24, 2.45) is 17.6 Å². The first kappa shape index (κ1) is 28.0. The standard InChI is InChI=1S/C21H40N4O5/c1-7-8-16(23-19(28)13(4)11-12(2)3)20(29)24-17(9-10-22)21(30)25-18(14(5)26)15(6)27/h12-14,16-18,26H,7-11,22H2,1-6H3,(H,23,28)(H,24,29)(H,25,30)/t13-,14+,16-,17-,18+/m0/s1. The van der Waals surface area contributed by atoms with Crippen LogP contribution in [0.15, 0.2) is 0 Å². The second-order valence-electron chi connectivity index (χ2n) is 8.36. The van der Waals surface area contributed by atoms with Crippen LogP contribution in [0.5, 0.6) is 0 Å². The number of ketones is 1. The zero-order valence-corrected chi connectivity index (χ0v) is 19.2. The maximum absolute atomic E-state index is 12.8. The van der Waals surface area contributed by atoms with E-state index in [2.05, 4.69) is 16.0 Å². The van der Waals surface area contributed by atoms with E-state index in [9.17, 15) is 24.3 Å². The van der Waals surface area contributed by atoms with E-state index in [-0.39, 0.29) is 24.8 Å². The van der Waals surface area contributed by atoms with E-state index in [1.54, 1.807) is 0 Å². The molecule has 0 unspecified atom stereocenters. The molecule has 3 amide bonds. The van der Waals surface area contributed by atoms with Gasteiger partial charge >= 0.3 is 0 Å². The van der Waals surface area contributed by atoms with Crippen LogP contribution in [0, 0.1) is 11.8 Å². The lowest BCUT2D eigenvalue weighted by Crippen LogP contribution is -2.57. The van der Waals surface area contributed by atoms with E-state index >= 15 is 0 Å². The van der Waals surface area contributed by atoms with Gasteiger partial charge in [0.2, 0.25) is 17.7 Å². The van der Waals surface area contributed by atoms with Crippen LogP contribution < -0.4 is 21.7 Å². The van der Waals surface area contributed by atoms with Crippen LogP contribution in [0.3, 0.4) is 0 Å². The second kappa shape index (κ2) is 14.1. The molecule has 0 aromatic rings. The Hall–Kier alpha value is -2.00. The summed E-state index contributed by atoms with van der Waals surface area (Å²) in [4.78, 5) is 49.5. The van der Waals surface area contributed by atoms with Gasteiger partial charge in [0.05, 0.1) is 6.10 Å². The van der Waals surface area contributed by atoms with Gasteiger partial charge in [-0.3, -0.25) is 19.2 Å². The van der Waals surface area contributed by atoms with E-state index < -0.39 is 41.8 Å². The molecule has 0 spiro atoms. The molecule has 0 aliphatic carbocycles. The minimum Gasteiger partial charge on any atom is -0.391 e. The molecule has 0 radical (unpaired) electrons. The average molecular weight is 429 g/mol. The highest BCUT2D eigenvalue weighted by Crippen LogP contribution is 2.12. The number of aliphatic hydroxyl groups is 1. The molecule has 0 aliphatic rings. The Balaban J connectivity index is 5.22. The van der Waals surface area contributed by atoms with Crippen LogP contribution in [-0.4, -0.2) is 59.4 Å². The average Bonchev–Trinajstić information content (AvgIpc) is 2.63. The van der Waals surface area contributed by atoms with E-state index in [1.165, 1.54) is 13.8 Å². The zero-order chi connectivity index (χ0) is 23.4. The molecule has 0 bridgehead atoms. The maximum Gasteiger partial charge on any atom is 0.243 e. The van der Waals surface area contributed by atoms with Crippen molar-refractivity contribution in [2.45, 2.75) is 91.5 Å². The highest BCUT2D eigenvalue weighted by Gasteiger charge is 2.30. The summed E-state index contributed by atoms with van der Waals surface area (Å²) in [6.45, 7) is 10.6. The van der Waals surface area contributed by atoms with Crippen molar-refractivity contribution < 1.29 is 24.3 Å².